The van der Waals surface area contributed by atoms with E-state index in [1.807, 2.05) is 19.1 Å². The lowest BCUT2D eigenvalue weighted by Gasteiger charge is -2.10. The monoisotopic (exact) mass is 242 g/mol. The van der Waals surface area contributed by atoms with Crippen LogP contribution in [0.4, 0.5) is 0 Å². The zero-order chi connectivity index (χ0) is 13.5. The Hall–Kier alpha value is -1.63. The second kappa shape index (κ2) is 6.95. The molecule has 1 aromatic carbocycles. The summed E-state index contributed by atoms with van der Waals surface area (Å²) >= 11 is 0. The topological polar surface area (TPSA) is 17.1 Å². The van der Waals surface area contributed by atoms with Crippen LogP contribution in [0.3, 0.4) is 0 Å². The van der Waals surface area contributed by atoms with Crippen molar-refractivity contribution in [3.05, 3.63) is 53.1 Å². The molecule has 1 heteroatoms. The Balaban J connectivity index is 3.12. The maximum absolute atomic E-state index is 11.2. The van der Waals surface area contributed by atoms with Gasteiger partial charge in [-0.25, -0.2) is 0 Å². The minimum Gasteiger partial charge on any atom is -0.298 e. The molecule has 0 heterocycles. The number of benzene rings is 1. The van der Waals surface area contributed by atoms with Crippen molar-refractivity contribution >= 4 is 11.9 Å². The molecular formula is C17H22O. The second-order valence-corrected chi connectivity index (χ2v) is 4.68. The Morgan fingerprint density at radius 1 is 1.39 bits per heavy atom. The van der Waals surface area contributed by atoms with Gasteiger partial charge < -0.3 is 0 Å². The average molecular weight is 242 g/mol. The fourth-order valence-electron chi connectivity index (χ4n) is 1.87. The summed E-state index contributed by atoms with van der Waals surface area (Å²) in [4.78, 5) is 11.2. The number of hydrogen-bond donors (Lipinski definition) is 0. The molecule has 0 fully saturated rings. The SMILES string of the molecule is C/C=C(\C=C(\C=O)C(C)CC)c1cccc(C)c1. The van der Waals surface area contributed by atoms with Gasteiger partial charge in [-0.05, 0) is 49.0 Å². The van der Waals surface area contributed by atoms with Crippen molar-refractivity contribution in [2.24, 2.45) is 5.92 Å². The number of allylic oxidation sites excluding steroid dienone is 4. The van der Waals surface area contributed by atoms with Crippen LogP contribution in [0.1, 0.15) is 38.3 Å². The summed E-state index contributed by atoms with van der Waals surface area (Å²) in [5.74, 6) is 0.308. The third-order valence-electron chi connectivity index (χ3n) is 3.30. The lowest BCUT2D eigenvalue weighted by Crippen LogP contribution is -1.99. The van der Waals surface area contributed by atoms with Gasteiger partial charge in [0, 0.05) is 0 Å². The molecule has 0 N–H and O–H groups in total. The molecule has 0 radical (unpaired) electrons. The summed E-state index contributed by atoms with van der Waals surface area (Å²) in [7, 11) is 0. The molecule has 0 aliphatic carbocycles. The summed E-state index contributed by atoms with van der Waals surface area (Å²) in [5.41, 5.74) is 4.38. The van der Waals surface area contributed by atoms with E-state index < -0.39 is 0 Å². The molecule has 0 aliphatic rings. The first-order chi connectivity index (χ1) is 8.62. The Bertz CT molecular complexity index is 466. The molecule has 0 saturated heterocycles. The van der Waals surface area contributed by atoms with Gasteiger partial charge in [-0.1, -0.05) is 49.8 Å². The molecular weight excluding hydrogens is 220 g/mol. The highest BCUT2D eigenvalue weighted by atomic mass is 16.1. The molecule has 0 amide bonds. The Morgan fingerprint density at radius 2 is 2.11 bits per heavy atom. The van der Waals surface area contributed by atoms with E-state index in [1.165, 1.54) is 11.1 Å². The van der Waals surface area contributed by atoms with Gasteiger partial charge in [0.15, 0.2) is 0 Å². The van der Waals surface area contributed by atoms with Crippen LogP contribution < -0.4 is 0 Å². The number of carbonyl (C=O) groups excluding carboxylic acids is 1. The van der Waals surface area contributed by atoms with E-state index in [9.17, 15) is 4.79 Å². The molecule has 0 aliphatic heterocycles. The maximum atomic E-state index is 11.2. The van der Waals surface area contributed by atoms with Gasteiger partial charge in [0.05, 0.1) is 0 Å². The number of rotatable bonds is 5. The largest absolute Gasteiger partial charge is 0.298 e. The highest BCUT2D eigenvalue weighted by Crippen LogP contribution is 2.22. The second-order valence-electron chi connectivity index (χ2n) is 4.68. The van der Waals surface area contributed by atoms with Crippen LogP contribution in [0, 0.1) is 12.8 Å². The van der Waals surface area contributed by atoms with Crippen molar-refractivity contribution < 1.29 is 4.79 Å². The summed E-state index contributed by atoms with van der Waals surface area (Å²) in [5, 5.41) is 0. The quantitative estimate of drug-likeness (QED) is 0.420. The lowest BCUT2D eigenvalue weighted by molar-refractivity contribution is -0.105. The van der Waals surface area contributed by atoms with Crippen molar-refractivity contribution in [2.45, 2.75) is 34.1 Å². The molecule has 0 saturated carbocycles. The van der Waals surface area contributed by atoms with Crippen molar-refractivity contribution in [1.82, 2.24) is 0 Å². The fraction of sp³-hybridized carbons (Fsp3) is 0.353. The van der Waals surface area contributed by atoms with Crippen LogP contribution in [0.25, 0.3) is 5.57 Å². The van der Waals surface area contributed by atoms with Crippen molar-refractivity contribution in [3.8, 4) is 0 Å². The molecule has 96 valence electrons. The molecule has 1 aromatic rings. The minimum absolute atomic E-state index is 0.308. The average Bonchev–Trinajstić information content (AvgIpc) is 2.39. The predicted octanol–water partition coefficient (Wildman–Crippen LogP) is 4.57. The van der Waals surface area contributed by atoms with E-state index in [2.05, 4.69) is 45.0 Å². The van der Waals surface area contributed by atoms with Crippen LogP contribution in [-0.2, 0) is 4.79 Å². The molecule has 18 heavy (non-hydrogen) atoms. The van der Waals surface area contributed by atoms with Gasteiger partial charge >= 0.3 is 0 Å². The Kier molecular flexibility index (Phi) is 5.57. The summed E-state index contributed by atoms with van der Waals surface area (Å²) < 4.78 is 0. The zero-order valence-electron chi connectivity index (χ0n) is 11.7. The minimum atomic E-state index is 0.308. The van der Waals surface area contributed by atoms with Crippen LogP contribution in [0.5, 0.6) is 0 Å². The smallest absolute Gasteiger partial charge is 0.146 e. The molecule has 1 rings (SSSR count). The number of aldehydes is 1. The summed E-state index contributed by atoms with van der Waals surface area (Å²) in [6, 6.07) is 8.35. The van der Waals surface area contributed by atoms with Gasteiger partial charge in [-0.15, -0.1) is 0 Å². The summed E-state index contributed by atoms with van der Waals surface area (Å²) in [6.07, 6.45) is 6.03. The normalized spacial score (nSPS) is 14.4. The Labute approximate surface area is 110 Å². The van der Waals surface area contributed by atoms with E-state index in [0.717, 1.165) is 23.9 Å². The molecule has 0 spiro atoms. The summed E-state index contributed by atoms with van der Waals surface area (Å²) in [6.45, 7) is 8.27. The van der Waals surface area contributed by atoms with E-state index in [1.54, 1.807) is 0 Å². The molecule has 1 unspecified atom stereocenters. The van der Waals surface area contributed by atoms with Crippen LogP contribution in [0.2, 0.25) is 0 Å². The fourth-order valence-corrected chi connectivity index (χ4v) is 1.87. The van der Waals surface area contributed by atoms with E-state index >= 15 is 0 Å². The van der Waals surface area contributed by atoms with Gasteiger partial charge in [0.25, 0.3) is 0 Å². The van der Waals surface area contributed by atoms with E-state index in [-0.39, 0.29) is 0 Å². The predicted molar refractivity (Wildman–Crippen MR) is 78.4 cm³/mol. The van der Waals surface area contributed by atoms with Gasteiger partial charge in [-0.3, -0.25) is 4.79 Å². The third-order valence-corrected chi connectivity index (χ3v) is 3.30. The van der Waals surface area contributed by atoms with E-state index in [4.69, 9.17) is 0 Å². The van der Waals surface area contributed by atoms with Gasteiger partial charge in [-0.2, -0.15) is 0 Å². The standard InChI is InChI=1S/C17H22O/c1-5-14(4)17(12-18)11-15(6-2)16-9-7-8-13(3)10-16/h6-12,14H,5H2,1-4H3/b15-6+,17-11-. The highest BCUT2D eigenvalue weighted by molar-refractivity contribution is 5.83. The van der Waals surface area contributed by atoms with Crippen LogP contribution in [-0.4, -0.2) is 6.29 Å². The van der Waals surface area contributed by atoms with Crippen molar-refractivity contribution in [2.75, 3.05) is 0 Å². The Morgan fingerprint density at radius 3 is 2.61 bits per heavy atom. The zero-order valence-corrected chi connectivity index (χ0v) is 11.7. The van der Waals surface area contributed by atoms with Crippen molar-refractivity contribution in [1.29, 1.82) is 0 Å². The molecule has 1 atom stereocenters. The third kappa shape index (κ3) is 3.69. The maximum Gasteiger partial charge on any atom is 0.146 e. The first-order valence-corrected chi connectivity index (χ1v) is 6.52. The number of hydrogen-bond acceptors (Lipinski definition) is 1. The highest BCUT2D eigenvalue weighted by Gasteiger charge is 2.07. The van der Waals surface area contributed by atoms with Gasteiger partial charge in [0.2, 0.25) is 0 Å². The van der Waals surface area contributed by atoms with Crippen LogP contribution in [0.15, 0.2) is 42.0 Å². The number of aryl methyl sites for hydroxylation is 1. The molecule has 0 aromatic heterocycles. The van der Waals surface area contributed by atoms with E-state index in [0.29, 0.717) is 5.92 Å². The first kappa shape index (κ1) is 14.4. The first-order valence-electron chi connectivity index (χ1n) is 6.52. The molecule has 1 nitrogen and oxygen atoms in total. The number of carbonyl (C=O) groups is 1. The van der Waals surface area contributed by atoms with Gasteiger partial charge in [0.1, 0.15) is 6.29 Å². The lowest BCUT2D eigenvalue weighted by atomic mass is 9.94. The van der Waals surface area contributed by atoms with Crippen LogP contribution >= 0.6 is 0 Å². The molecule has 0 bridgehead atoms. The van der Waals surface area contributed by atoms with Crippen molar-refractivity contribution in [3.63, 3.8) is 0 Å².